The second-order valence-electron chi connectivity index (χ2n) is 19.8. The van der Waals surface area contributed by atoms with Crippen LogP contribution in [0.1, 0.15) is 81.6 Å². The smallest absolute Gasteiger partial charge is 0.226 e. The molecule has 3 fully saturated rings. The van der Waals surface area contributed by atoms with Gasteiger partial charge in [-0.25, -0.2) is 29.6 Å². The molecule has 5 heterocycles. The van der Waals surface area contributed by atoms with Gasteiger partial charge in [0.05, 0.1) is 18.7 Å². The highest BCUT2D eigenvalue weighted by Gasteiger charge is 2.55. The van der Waals surface area contributed by atoms with Gasteiger partial charge in [-0.1, -0.05) is 80.5 Å². The molecule has 61 heavy (non-hydrogen) atoms. The van der Waals surface area contributed by atoms with E-state index in [1.54, 1.807) is 25.0 Å². The molecule has 2 aromatic rings. The van der Waals surface area contributed by atoms with Crippen molar-refractivity contribution >= 4 is 41.4 Å². The number of ketones is 3. The van der Waals surface area contributed by atoms with Crippen LogP contribution in [0.4, 0.5) is 11.6 Å². The molecule has 0 bridgehead atoms. The van der Waals surface area contributed by atoms with E-state index in [1.807, 2.05) is 71.9 Å². The maximum absolute atomic E-state index is 12.5. The molecular weight excluding hydrogens is 788 g/mol. The highest BCUT2D eigenvalue weighted by molar-refractivity contribution is 6.04. The molecule has 6 aliphatic rings. The van der Waals surface area contributed by atoms with Crippen LogP contribution in [0.5, 0.6) is 0 Å². The van der Waals surface area contributed by atoms with Gasteiger partial charge in [0, 0.05) is 66.8 Å². The first-order valence-electron chi connectivity index (χ1n) is 20.9. The molecule has 2 aromatic heterocycles. The molecule has 0 radical (unpaired) electrons. The van der Waals surface area contributed by atoms with E-state index in [4.69, 9.17) is 18.4 Å². The number of aromatic nitrogens is 4. The van der Waals surface area contributed by atoms with Gasteiger partial charge in [-0.05, 0) is 66.5 Å². The Balaban J connectivity index is 0.000000174. The van der Waals surface area contributed by atoms with Crippen molar-refractivity contribution in [2.24, 2.45) is 50.2 Å². The Hall–Kier alpha value is -5.29. The van der Waals surface area contributed by atoms with Gasteiger partial charge in [0.1, 0.15) is 30.4 Å². The van der Waals surface area contributed by atoms with Crippen LogP contribution in [-0.2, 0) is 14.4 Å². The number of hydrogen-bond acceptors (Lipinski definition) is 11. The van der Waals surface area contributed by atoms with E-state index >= 15 is 0 Å². The number of hydrogen-bond donors (Lipinski definition) is 1. The number of Topliss-reactive ketones (excluding diaryl/α,β-unsaturated/α-hetero) is 3. The second-order valence-corrected chi connectivity index (χ2v) is 19.8. The van der Waals surface area contributed by atoms with Gasteiger partial charge in [-0.3, -0.25) is 4.79 Å². The van der Waals surface area contributed by atoms with Crippen LogP contribution in [0.3, 0.4) is 0 Å². The minimum atomic E-state index is -0.485. The van der Waals surface area contributed by atoms with Crippen molar-refractivity contribution in [2.75, 3.05) is 49.1 Å². The van der Waals surface area contributed by atoms with Gasteiger partial charge >= 0.3 is 0 Å². The number of carbonyl (C=O) groups excluding carboxylic acids is 3. The number of piperidine rings is 3. The Morgan fingerprint density at radius 2 is 1.10 bits per heavy atom. The summed E-state index contributed by atoms with van der Waals surface area (Å²) < 4.78 is 0. The summed E-state index contributed by atoms with van der Waals surface area (Å²) in [5, 5.41) is 12.4. The zero-order valence-corrected chi connectivity index (χ0v) is 37.8. The molecule has 1 N–H and O–H groups in total. The van der Waals surface area contributed by atoms with Crippen molar-refractivity contribution in [1.29, 1.82) is 5.26 Å². The number of rotatable bonds is 2. The standard InChI is InChI=1S/2C17H20N4O.C13H18N2O.ClH/c2*1-16(2)13-6-8-21(14-5-7-19-11-20-14)10-17(13,3)9-12(18-4)15(16)22;1-12(2)10-4-5-15-8-13(10,3)6-9(7-14)11(12)16;/h2*5,7,9,11,13H,6,8,10H2,1-3H3;6,10,15H,4-5,8H2,1-3H3;1H/t2*13-,17+;10-,13+;/m100./s1. The normalized spacial score (nSPS) is 31.6. The highest BCUT2D eigenvalue weighted by Crippen LogP contribution is 2.54. The molecule has 322 valence electrons. The molecule has 13 nitrogen and oxygen atoms in total. The first-order valence-corrected chi connectivity index (χ1v) is 20.9. The van der Waals surface area contributed by atoms with Crippen molar-refractivity contribution in [1.82, 2.24) is 25.3 Å². The summed E-state index contributed by atoms with van der Waals surface area (Å²) in [5.41, 5.74) is -0.908. The van der Waals surface area contributed by atoms with Crippen LogP contribution < -0.4 is 15.1 Å². The van der Waals surface area contributed by atoms with Gasteiger partial charge in [0.15, 0.2) is 17.3 Å². The van der Waals surface area contributed by atoms with Crippen LogP contribution in [0.25, 0.3) is 9.69 Å². The number of carbonyl (C=O) groups is 3. The second kappa shape index (κ2) is 17.2. The lowest BCUT2D eigenvalue weighted by Gasteiger charge is -2.53. The minimum Gasteiger partial charge on any atom is -0.356 e. The van der Waals surface area contributed by atoms with Crippen LogP contribution >= 0.6 is 12.4 Å². The van der Waals surface area contributed by atoms with Crippen molar-refractivity contribution in [3.8, 4) is 6.07 Å². The van der Waals surface area contributed by atoms with E-state index in [-0.39, 0.29) is 69.2 Å². The maximum atomic E-state index is 12.5. The Morgan fingerprint density at radius 3 is 1.49 bits per heavy atom. The first-order chi connectivity index (χ1) is 28.2. The molecular formula is C47H59ClN10O3. The fraction of sp³-hybridized carbons (Fsp3) is 0.574. The fourth-order valence-corrected chi connectivity index (χ4v) is 11.7. The lowest BCUT2D eigenvalue weighted by molar-refractivity contribution is -0.130. The molecule has 0 amide bonds. The van der Waals surface area contributed by atoms with Crippen molar-refractivity contribution in [2.45, 2.75) is 81.6 Å². The van der Waals surface area contributed by atoms with Gasteiger partial charge in [-0.2, -0.15) is 5.26 Å². The Bertz CT molecular complexity index is 2130. The van der Waals surface area contributed by atoms with E-state index in [0.29, 0.717) is 11.5 Å². The van der Waals surface area contributed by atoms with Crippen LogP contribution in [0.15, 0.2) is 72.4 Å². The molecule has 6 atom stereocenters. The third-order valence-electron chi connectivity index (χ3n) is 14.6. The number of halogens is 1. The van der Waals surface area contributed by atoms with Crippen molar-refractivity contribution in [3.05, 3.63) is 95.2 Å². The molecule has 14 heteroatoms. The average molecular weight is 848 g/mol. The summed E-state index contributed by atoms with van der Waals surface area (Å²) >= 11 is 0. The SMILES string of the molecule is CC1(C)C(=O)C(C#N)=C[C@]2(C)CNCC[C@@H]12.Cl.[C-]#[N+]C1=C[C@@]2(C)CN(c3ccncn3)CC[C@@H]2C(C)(C)C1=O.[C-]#[N+]C1=C[C@]2(C)CN(c3ccncn3)CC[C@H]2C(C)(C)C1=O. The van der Waals surface area contributed by atoms with Gasteiger partial charge < -0.3 is 24.7 Å². The molecule has 8 rings (SSSR count). The molecule has 0 spiro atoms. The van der Waals surface area contributed by atoms with E-state index in [9.17, 15) is 14.4 Å². The molecule has 3 aliphatic carbocycles. The topological polar surface area (TPSA) is 154 Å². The summed E-state index contributed by atoms with van der Waals surface area (Å²) in [7, 11) is 0. The Morgan fingerprint density at radius 1 is 0.672 bits per heavy atom. The van der Waals surface area contributed by atoms with Crippen LogP contribution in [0, 0.1) is 74.7 Å². The third kappa shape index (κ3) is 8.50. The highest BCUT2D eigenvalue weighted by atomic mass is 35.5. The van der Waals surface area contributed by atoms with Gasteiger partial charge in [-0.15, -0.1) is 12.4 Å². The quantitative estimate of drug-likeness (QED) is 0.299. The summed E-state index contributed by atoms with van der Waals surface area (Å²) in [6.45, 7) is 38.1. The Labute approximate surface area is 367 Å². The third-order valence-corrected chi connectivity index (χ3v) is 14.6. The number of nitriles is 1. The molecule has 3 aliphatic heterocycles. The maximum Gasteiger partial charge on any atom is 0.226 e. The molecule has 0 unspecified atom stereocenters. The summed E-state index contributed by atoms with van der Waals surface area (Å²) in [4.78, 5) is 65.2. The van der Waals surface area contributed by atoms with Crippen LogP contribution in [0.2, 0.25) is 0 Å². The zero-order valence-electron chi connectivity index (χ0n) is 37.0. The number of nitrogens with zero attached hydrogens (tertiary/aromatic N) is 9. The van der Waals surface area contributed by atoms with Crippen molar-refractivity contribution in [3.63, 3.8) is 0 Å². The first kappa shape index (κ1) is 46.8. The summed E-state index contributed by atoms with van der Waals surface area (Å²) in [5.74, 6) is 2.63. The zero-order chi connectivity index (χ0) is 43.9. The predicted octanol–water partition coefficient (Wildman–Crippen LogP) is 7.53. The number of anilines is 2. The largest absolute Gasteiger partial charge is 0.356 e. The average Bonchev–Trinajstić information content (AvgIpc) is 3.23. The van der Waals surface area contributed by atoms with Crippen LogP contribution in [-0.4, -0.2) is 76.6 Å². The monoisotopic (exact) mass is 846 g/mol. The molecule has 0 aromatic carbocycles. The Kier molecular flexibility index (Phi) is 13.2. The lowest BCUT2D eigenvalue weighted by Crippen LogP contribution is -2.55. The van der Waals surface area contributed by atoms with Gasteiger partial charge in [0.25, 0.3) is 0 Å². The number of fused-ring (bicyclic) bond motifs is 3. The minimum absolute atomic E-state index is 0. The van der Waals surface area contributed by atoms with E-state index in [0.717, 1.165) is 70.2 Å². The van der Waals surface area contributed by atoms with E-state index in [2.05, 4.69) is 71.6 Å². The fourth-order valence-electron chi connectivity index (χ4n) is 11.7. The molecule has 3 saturated heterocycles. The predicted molar refractivity (Wildman–Crippen MR) is 237 cm³/mol. The number of allylic oxidation sites excluding steroid dienone is 3. The number of nitrogens with one attached hydrogen (secondary N) is 1. The van der Waals surface area contributed by atoms with Crippen molar-refractivity contribution < 1.29 is 14.4 Å². The molecule has 0 saturated carbocycles. The van der Waals surface area contributed by atoms with Gasteiger partial charge in [0.2, 0.25) is 11.4 Å². The van der Waals surface area contributed by atoms with E-state index in [1.165, 1.54) is 0 Å². The van der Waals surface area contributed by atoms with E-state index < -0.39 is 16.2 Å². The summed E-state index contributed by atoms with van der Waals surface area (Å²) in [6.07, 6.45) is 15.1. The lowest BCUT2D eigenvalue weighted by atomic mass is 9.55. The summed E-state index contributed by atoms with van der Waals surface area (Å²) in [6, 6.07) is 5.86.